The first-order valence-electron chi connectivity index (χ1n) is 12.2. The molecule has 1 fully saturated rings. The number of hydrogen-bond acceptors (Lipinski definition) is 5. The maximum Gasteiger partial charge on any atom is 0.232 e. The molecule has 0 bridgehead atoms. The average Bonchev–Trinajstić information content (AvgIpc) is 3.60. The van der Waals surface area contributed by atoms with Gasteiger partial charge in [0, 0.05) is 18.7 Å². The molecule has 3 aromatic rings. The van der Waals surface area contributed by atoms with Gasteiger partial charge in [0.25, 0.3) is 0 Å². The fourth-order valence-corrected chi connectivity index (χ4v) is 5.41. The van der Waals surface area contributed by atoms with Crippen LogP contribution in [-0.4, -0.2) is 56.1 Å². The third-order valence-electron chi connectivity index (χ3n) is 7.09. The number of nitrogens with zero attached hydrogens (tertiary/aromatic N) is 2. The van der Waals surface area contributed by atoms with Crippen LogP contribution in [-0.2, 0) is 14.9 Å². The van der Waals surface area contributed by atoms with Gasteiger partial charge in [0.2, 0.25) is 11.8 Å². The van der Waals surface area contributed by atoms with E-state index >= 15 is 0 Å². The Bertz CT molecular complexity index is 1120. The summed E-state index contributed by atoms with van der Waals surface area (Å²) in [6.45, 7) is 4.41. The molecule has 1 saturated heterocycles. The zero-order valence-electron chi connectivity index (χ0n) is 19.8. The Labute approximate surface area is 206 Å². The van der Waals surface area contributed by atoms with Gasteiger partial charge in [0.05, 0.1) is 6.54 Å². The van der Waals surface area contributed by atoms with E-state index in [9.17, 15) is 4.79 Å². The normalized spacial score (nSPS) is 18.2. The number of likely N-dealkylation sites (tertiary alicyclic amines) is 1. The molecule has 35 heavy (non-hydrogen) atoms. The van der Waals surface area contributed by atoms with Crippen molar-refractivity contribution in [1.82, 2.24) is 4.90 Å². The van der Waals surface area contributed by atoms with Gasteiger partial charge in [-0.1, -0.05) is 60.7 Å². The molecule has 3 aromatic carbocycles. The van der Waals surface area contributed by atoms with E-state index in [0.717, 1.165) is 55.0 Å². The minimum absolute atomic E-state index is 0.0799. The molecule has 0 spiro atoms. The number of carbonyl (C=O) groups is 1. The maximum absolute atomic E-state index is 13.2. The predicted molar refractivity (Wildman–Crippen MR) is 137 cm³/mol. The molecule has 2 heterocycles. The molecule has 6 heteroatoms. The molecule has 0 aromatic heterocycles. The van der Waals surface area contributed by atoms with Crippen molar-refractivity contribution in [3.63, 3.8) is 0 Å². The fraction of sp³-hybridized carbons (Fsp3) is 0.310. The van der Waals surface area contributed by atoms with Gasteiger partial charge in [0.15, 0.2) is 0 Å². The summed E-state index contributed by atoms with van der Waals surface area (Å²) < 4.78 is 11.5. The standard InChI is InChI=1S/C29H31N3O3/c30-28(33)29(23-7-3-1-4-8-23,24-9-5-2-6-10-24)25-15-17-32(21-25)18-20-34-26-13-11-22(12-14-26)27-31-16-19-35-27/h1-14,25H,15-21H2,(H2,30,33)/t25-/m1/s1. The van der Waals surface area contributed by atoms with Crippen LogP contribution < -0.4 is 10.5 Å². The molecule has 1 atom stereocenters. The summed E-state index contributed by atoms with van der Waals surface area (Å²) in [7, 11) is 0. The third kappa shape index (κ3) is 4.66. The number of nitrogens with two attached hydrogens (primary N) is 1. The number of benzene rings is 3. The molecule has 5 rings (SSSR count). The SMILES string of the molecule is NC(=O)C(c1ccccc1)(c1ccccc1)[C@@H]1CCN(CCOc2ccc(C3=NCCO3)cc2)C1. The van der Waals surface area contributed by atoms with E-state index < -0.39 is 5.41 Å². The second kappa shape index (κ2) is 10.3. The number of primary amides is 1. The minimum atomic E-state index is -0.862. The van der Waals surface area contributed by atoms with Crippen molar-refractivity contribution in [3.05, 3.63) is 102 Å². The van der Waals surface area contributed by atoms with Crippen molar-refractivity contribution < 1.29 is 14.3 Å². The van der Waals surface area contributed by atoms with Gasteiger partial charge >= 0.3 is 0 Å². The Morgan fingerprint density at radius 3 is 2.23 bits per heavy atom. The Hall–Kier alpha value is -3.64. The smallest absolute Gasteiger partial charge is 0.232 e. The summed E-state index contributed by atoms with van der Waals surface area (Å²) in [5.74, 6) is 1.31. The first-order valence-corrected chi connectivity index (χ1v) is 12.2. The zero-order chi connectivity index (χ0) is 24.1. The molecule has 2 aliphatic heterocycles. The highest BCUT2D eigenvalue weighted by atomic mass is 16.5. The summed E-state index contributed by atoms with van der Waals surface area (Å²) in [5.41, 5.74) is 8.22. The van der Waals surface area contributed by atoms with Gasteiger partial charge in [-0.15, -0.1) is 0 Å². The van der Waals surface area contributed by atoms with E-state index in [1.165, 1.54) is 0 Å². The van der Waals surface area contributed by atoms with Crippen LogP contribution in [0.1, 0.15) is 23.1 Å². The van der Waals surface area contributed by atoms with Crippen molar-refractivity contribution in [2.75, 3.05) is 39.4 Å². The third-order valence-corrected chi connectivity index (χ3v) is 7.09. The molecule has 2 N–H and O–H groups in total. The summed E-state index contributed by atoms with van der Waals surface area (Å²) in [4.78, 5) is 19.9. The summed E-state index contributed by atoms with van der Waals surface area (Å²) in [5, 5.41) is 0. The largest absolute Gasteiger partial charge is 0.492 e. The van der Waals surface area contributed by atoms with Crippen LogP contribution in [0.2, 0.25) is 0 Å². The highest BCUT2D eigenvalue weighted by Crippen LogP contribution is 2.43. The van der Waals surface area contributed by atoms with E-state index in [-0.39, 0.29) is 11.8 Å². The van der Waals surface area contributed by atoms with Crippen LogP contribution in [0.15, 0.2) is 89.9 Å². The van der Waals surface area contributed by atoms with Gasteiger partial charge < -0.3 is 15.2 Å². The molecular weight excluding hydrogens is 438 g/mol. The van der Waals surface area contributed by atoms with Crippen LogP contribution in [0.3, 0.4) is 0 Å². The first-order chi connectivity index (χ1) is 17.2. The number of aliphatic imine (C=N–C) groups is 1. The van der Waals surface area contributed by atoms with Gasteiger partial charge in [-0.3, -0.25) is 9.69 Å². The lowest BCUT2D eigenvalue weighted by Gasteiger charge is -2.37. The maximum atomic E-state index is 13.2. The Kier molecular flexibility index (Phi) is 6.82. The van der Waals surface area contributed by atoms with E-state index in [1.807, 2.05) is 84.9 Å². The number of hydrogen-bond donors (Lipinski definition) is 1. The van der Waals surface area contributed by atoms with Crippen LogP contribution >= 0.6 is 0 Å². The molecule has 6 nitrogen and oxygen atoms in total. The fourth-order valence-electron chi connectivity index (χ4n) is 5.41. The molecule has 0 radical (unpaired) electrons. The summed E-state index contributed by atoms with van der Waals surface area (Å²) >= 11 is 0. The Morgan fingerprint density at radius 1 is 1.00 bits per heavy atom. The number of amides is 1. The molecule has 0 aliphatic carbocycles. The molecular formula is C29H31N3O3. The number of ether oxygens (including phenoxy) is 2. The Balaban J connectivity index is 1.26. The van der Waals surface area contributed by atoms with Crippen molar-refractivity contribution >= 4 is 11.8 Å². The van der Waals surface area contributed by atoms with Gasteiger partial charge in [-0.25, -0.2) is 4.99 Å². The lowest BCUT2D eigenvalue weighted by molar-refractivity contribution is -0.123. The van der Waals surface area contributed by atoms with Crippen LogP contribution in [0.25, 0.3) is 0 Å². The van der Waals surface area contributed by atoms with Crippen molar-refractivity contribution in [3.8, 4) is 5.75 Å². The van der Waals surface area contributed by atoms with Gasteiger partial charge in [0.1, 0.15) is 24.4 Å². The highest BCUT2D eigenvalue weighted by molar-refractivity contribution is 5.95. The zero-order valence-corrected chi connectivity index (χ0v) is 19.8. The molecule has 180 valence electrons. The average molecular weight is 470 g/mol. The highest BCUT2D eigenvalue weighted by Gasteiger charge is 2.49. The minimum Gasteiger partial charge on any atom is -0.492 e. The predicted octanol–water partition coefficient (Wildman–Crippen LogP) is 3.64. The molecule has 2 aliphatic rings. The molecule has 0 unspecified atom stereocenters. The quantitative estimate of drug-likeness (QED) is 0.519. The topological polar surface area (TPSA) is 77.2 Å². The van der Waals surface area contributed by atoms with Crippen LogP contribution in [0.4, 0.5) is 0 Å². The van der Waals surface area contributed by atoms with Gasteiger partial charge in [-0.05, 0) is 54.3 Å². The lowest BCUT2D eigenvalue weighted by atomic mass is 9.64. The second-order valence-electron chi connectivity index (χ2n) is 9.10. The van der Waals surface area contributed by atoms with Crippen LogP contribution in [0, 0.1) is 5.92 Å². The second-order valence-corrected chi connectivity index (χ2v) is 9.10. The monoisotopic (exact) mass is 469 g/mol. The summed E-state index contributed by atoms with van der Waals surface area (Å²) in [6, 6.07) is 27.8. The molecule has 0 saturated carbocycles. The van der Waals surface area contributed by atoms with Crippen molar-refractivity contribution in [2.45, 2.75) is 11.8 Å². The van der Waals surface area contributed by atoms with Gasteiger partial charge in [-0.2, -0.15) is 0 Å². The number of carbonyl (C=O) groups excluding carboxylic acids is 1. The number of rotatable bonds is 9. The van der Waals surface area contributed by atoms with E-state index in [0.29, 0.717) is 19.1 Å². The van der Waals surface area contributed by atoms with Crippen molar-refractivity contribution in [1.29, 1.82) is 0 Å². The summed E-state index contributed by atoms with van der Waals surface area (Å²) in [6.07, 6.45) is 0.892. The lowest BCUT2D eigenvalue weighted by Crippen LogP contribution is -2.49. The van der Waals surface area contributed by atoms with E-state index in [1.54, 1.807) is 0 Å². The van der Waals surface area contributed by atoms with E-state index in [2.05, 4.69) is 9.89 Å². The van der Waals surface area contributed by atoms with E-state index in [4.69, 9.17) is 15.2 Å². The molecule has 1 amide bonds. The van der Waals surface area contributed by atoms with Crippen LogP contribution in [0.5, 0.6) is 5.75 Å². The Morgan fingerprint density at radius 2 is 1.66 bits per heavy atom. The first kappa shape index (κ1) is 23.1. The van der Waals surface area contributed by atoms with Crippen molar-refractivity contribution in [2.24, 2.45) is 16.6 Å².